The normalized spacial score (nSPS) is 17.9. The van der Waals surface area contributed by atoms with E-state index in [1.54, 1.807) is 17.1 Å². The van der Waals surface area contributed by atoms with Gasteiger partial charge in [-0.15, -0.1) is 0 Å². The number of aryl methyl sites for hydroxylation is 2. The van der Waals surface area contributed by atoms with Crippen LogP contribution >= 0.6 is 0 Å². The van der Waals surface area contributed by atoms with E-state index in [1.165, 1.54) is 6.26 Å². The van der Waals surface area contributed by atoms with Gasteiger partial charge in [0.25, 0.3) is 5.95 Å². The number of ether oxygens (including phenoxy) is 1. The molecular formula is C19H21N3O4. The fourth-order valence-corrected chi connectivity index (χ4v) is 3.61. The van der Waals surface area contributed by atoms with Crippen molar-refractivity contribution in [2.45, 2.75) is 45.3 Å². The highest BCUT2D eigenvalue weighted by Crippen LogP contribution is 2.40. The molecule has 2 heterocycles. The molecule has 1 amide bonds. The number of rotatable bonds is 3. The predicted octanol–water partition coefficient (Wildman–Crippen LogP) is 3.86. The molecule has 1 spiro atoms. The monoisotopic (exact) mass is 355 g/mol. The van der Waals surface area contributed by atoms with Gasteiger partial charge in [-0.05, 0) is 44.9 Å². The Morgan fingerprint density at radius 3 is 2.62 bits per heavy atom. The molecule has 26 heavy (non-hydrogen) atoms. The number of nitrogens with zero attached hydrogens (tertiary/aromatic N) is 2. The molecule has 0 saturated heterocycles. The first kappa shape index (κ1) is 16.5. The number of hydrogen-bond acceptors (Lipinski definition) is 6. The maximum atomic E-state index is 12.4. The van der Waals surface area contributed by atoms with E-state index in [4.69, 9.17) is 14.0 Å². The van der Waals surface area contributed by atoms with Crippen molar-refractivity contribution in [3.05, 3.63) is 53.3 Å². The fraction of sp³-hybridized carbons (Fsp3) is 0.368. The third-order valence-corrected chi connectivity index (χ3v) is 4.68. The minimum absolute atomic E-state index is 0.132. The Balaban J connectivity index is 1.61. The van der Waals surface area contributed by atoms with Gasteiger partial charge in [0, 0.05) is 24.5 Å². The number of hydrogen-bond donors (Lipinski definition) is 1. The topological polar surface area (TPSA) is 76.3 Å². The highest BCUT2D eigenvalue weighted by molar-refractivity contribution is 6.00. The van der Waals surface area contributed by atoms with Crippen molar-refractivity contribution >= 4 is 11.9 Å². The summed E-state index contributed by atoms with van der Waals surface area (Å²) in [5, 5.41) is 6.01. The summed E-state index contributed by atoms with van der Waals surface area (Å²) in [5.41, 5.74) is 5.27. The molecule has 0 radical (unpaired) electrons. The molecule has 0 atom stereocenters. The van der Waals surface area contributed by atoms with E-state index in [9.17, 15) is 4.79 Å². The molecule has 4 rings (SSSR count). The van der Waals surface area contributed by atoms with Gasteiger partial charge in [-0.25, -0.2) is 15.2 Å². The summed E-state index contributed by atoms with van der Waals surface area (Å²) in [4.78, 5) is 18.2. The SMILES string of the molecule is Cc1cc(C)cc(C2=NOC3(CCCC3)N2NC(=O)Oc2ccco2)c1. The minimum Gasteiger partial charge on any atom is -0.434 e. The third-order valence-electron chi connectivity index (χ3n) is 4.68. The summed E-state index contributed by atoms with van der Waals surface area (Å²) >= 11 is 0. The van der Waals surface area contributed by atoms with E-state index in [-0.39, 0.29) is 5.95 Å². The number of nitrogens with one attached hydrogen (secondary N) is 1. The minimum atomic E-state index is -0.658. The van der Waals surface area contributed by atoms with Crippen molar-refractivity contribution in [1.29, 1.82) is 0 Å². The van der Waals surface area contributed by atoms with E-state index < -0.39 is 11.8 Å². The second-order valence-electron chi connectivity index (χ2n) is 6.80. The van der Waals surface area contributed by atoms with Gasteiger partial charge in [0.1, 0.15) is 0 Å². The molecule has 0 unspecified atom stereocenters. The Kier molecular flexibility index (Phi) is 4.06. The van der Waals surface area contributed by atoms with Crippen molar-refractivity contribution in [2.24, 2.45) is 5.16 Å². The molecule has 136 valence electrons. The lowest BCUT2D eigenvalue weighted by atomic mass is 10.1. The van der Waals surface area contributed by atoms with Gasteiger partial charge in [-0.1, -0.05) is 22.3 Å². The Labute approximate surface area is 151 Å². The lowest BCUT2D eigenvalue weighted by Crippen LogP contribution is -2.57. The highest BCUT2D eigenvalue weighted by Gasteiger charge is 2.50. The molecule has 7 heteroatoms. The van der Waals surface area contributed by atoms with Gasteiger partial charge in [0.2, 0.25) is 5.72 Å². The Bertz CT molecular complexity index is 818. The van der Waals surface area contributed by atoms with Crippen molar-refractivity contribution in [1.82, 2.24) is 10.4 Å². The van der Waals surface area contributed by atoms with Crippen LogP contribution in [0.15, 0.2) is 46.2 Å². The van der Waals surface area contributed by atoms with Gasteiger partial charge in [0.05, 0.1) is 6.26 Å². The number of amidine groups is 1. The van der Waals surface area contributed by atoms with Gasteiger partial charge in [0.15, 0.2) is 5.84 Å². The van der Waals surface area contributed by atoms with Crippen LogP contribution in [0.2, 0.25) is 0 Å². The summed E-state index contributed by atoms with van der Waals surface area (Å²) in [6.45, 7) is 4.06. The maximum Gasteiger partial charge on any atom is 0.434 e. The summed E-state index contributed by atoms with van der Waals surface area (Å²) in [7, 11) is 0. The van der Waals surface area contributed by atoms with Crippen LogP contribution in [-0.2, 0) is 4.84 Å². The van der Waals surface area contributed by atoms with Crippen molar-refractivity contribution in [3.8, 4) is 5.95 Å². The van der Waals surface area contributed by atoms with E-state index in [0.29, 0.717) is 5.84 Å². The number of carbonyl (C=O) groups excluding carboxylic acids is 1. The zero-order valence-electron chi connectivity index (χ0n) is 14.8. The van der Waals surface area contributed by atoms with Crippen molar-refractivity contribution in [3.63, 3.8) is 0 Å². The van der Waals surface area contributed by atoms with Crippen LogP contribution < -0.4 is 10.2 Å². The lowest BCUT2D eigenvalue weighted by molar-refractivity contribution is -0.106. The van der Waals surface area contributed by atoms with Gasteiger partial charge in [-0.2, -0.15) is 0 Å². The quantitative estimate of drug-likeness (QED) is 0.905. The Morgan fingerprint density at radius 1 is 1.23 bits per heavy atom. The molecule has 1 fully saturated rings. The van der Waals surface area contributed by atoms with Crippen LogP contribution in [0.3, 0.4) is 0 Å². The first-order chi connectivity index (χ1) is 12.6. The summed E-state index contributed by atoms with van der Waals surface area (Å²) in [5.74, 6) is 0.711. The Hall–Kier alpha value is -2.96. The molecule has 1 aliphatic heterocycles. The van der Waals surface area contributed by atoms with Crippen LogP contribution in [-0.4, -0.2) is 22.7 Å². The van der Waals surface area contributed by atoms with Gasteiger partial charge < -0.3 is 14.0 Å². The molecule has 1 saturated carbocycles. The van der Waals surface area contributed by atoms with Crippen molar-refractivity contribution in [2.75, 3.05) is 0 Å². The molecule has 1 aromatic carbocycles. The second kappa shape index (κ2) is 6.40. The maximum absolute atomic E-state index is 12.4. The first-order valence-corrected chi connectivity index (χ1v) is 8.73. The summed E-state index contributed by atoms with van der Waals surface area (Å²) in [6, 6.07) is 9.37. The molecule has 0 bridgehead atoms. The van der Waals surface area contributed by atoms with Crippen LogP contribution in [0.5, 0.6) is 5.95 Å². The van der Waals surface area contributed by atoms with Crippen LogP contribution in [0.1, 0.15) is 42.4 Å². The number of carbonyl (C=O) groups is 1. The van der Waals surface area contributed by atoms with E-state index in [0.717, 1.165) is 42.4 Å². The summed E-state index contributed by atoms with van der Waals surface area (Å²) in [6.07, 6.45) is 4.40. The Morgan fingerprint density at radius 2 is 1.96 bits per heavy atom. The molecular weight excluding hydrogens is 334 g/mol. The largest absolute Gasteiger partial charge is 0.434 e. The highest BCUT2D eigenvalue weighted by atomic mass is 16.7. The number of benzene rings is 1. The number of amides is 1. The molecule has 2 aromatic rings. The molecule has 7 nitrogen and oxygen atoms in total. The third kappa shape index (κ3) is 3.00. The number of hydrazine groups is 1. The van der Waals surface area contributed by atoms with Crippen LogP contribution in [0, 0.1) is 13.8 Å². The molecule has 2 aliphatic rings. The predicted molar refractivity (Wildman–Crippen MR) is 94.4 cm³/mol. The summed E-state index contributed by atoms with van der Waals surface area (Å²) < 4.78 is 10.2. The molecule has 1 N–H and O–H groups in total. The van der Waals surface area contributed by atoms with E-state index in [1.807, 2.05) is 26.0 Å². The van der Waals surface area contributed by atoms with Gasteiger partial charge >= 0.3 is 6.09 Å². The standard InChI is InChI=1S/C19H21N3O4/c1-13-10-14(2)12-15(11-13)17-21-26-19(7-3-4-8-19)22(17)20-18(23)25-16-6-5-9-24-16/h5-6,9-12H,3-4,7-8H2,1-2H3,(H,20,23). The van der Waals surface area contributed by atoms with E-state index >= 15 is 0 Å². The smallest absolute Gasteiger partial charge is 0.434 e. The number of furan rings is 1. The zero-order chi connectivity index (χ0) is 18.1. The average molecular weight is 355 g/mol. The molecule has 1 aromatic heterocycles. The lowest BCUT2D eigenvalue weighted by Gasteiger charge is -2.33. The second-order valence-corrected chi connectivity index (χ2v) is 6.80. The molecule has 1 aliphatic carbocycles. The van der Waals surface area contributed by atoms with Gasteiger partial charge in [-0.3, -0.25) is 0 Å². The number of oxime groups is 1. The van der Waals surface area contributed by atoms with E-state index in [2.05, 4.69) is 16.6 Å². The average Bonchev–Trinajstić information content (AvgIpc) is 3.31. The van der Waals surface area contributed by atoms with Crippen molar-refractivity contribution < 1.29 is 18.8 Å². The zero-order valence-corrected chi connectivity index (χ0v) is 14.8. The van der Waals surface area contributed by atoms with Crippen LogP contribution in [0.4, 0.5) is 4.79 Å². The fourth-order valence-electron chi connectivity index (χ4n) is 3.61. The van der Waals surface area contributed by atoms with Crippen LogP contribution in [0.25, 0.3) is 0 Å². The first-order valence-electron chi connectivity index (χ1n) is 8.73.